The van der Waals surface area contributed by atoms with Crippen molar-refractivity contribution >= 4 is 31.5 Å². The molecule has 18 heteroatoms. The fourth-order valence-corrected chi connectivity index (χ4v) is 9.34. The zero-order valence-electron chi connectivity index (χ0n) is 36.8. The molecule has 1 saturated heterocycles. The van der Waals surface area contributed by atoms with Gasteiger partial charge in [-0.05, 0) is 68.7 Å². The predicted molar refractivity (Wildman–Crippen MR) is 236 cm³/mol. The summed E-state index contributed by atoms with van der Waals surface area (Å²) in [6.45, 7) is 10.8. The van der Waals surface area contributed by atoms with Crippen LogP contribution in [0.2, 0.25) is 0 Å². The number of fused-ring (bicyclic) bond motifs is 1. The van der Waals surface area contributed by atoms with E-state index in [9.17, 15) is 20.0 Å². The molecule has 3 heterocycles. The van der Waals surface area contributed by atoms with Crippen LogP contribution in [0.5, 0.6) is 11.5 Å². The third kappa shape index (κ3) is 10.4. The number of carbonyl (C=O) groups excluding carboxylic acids is 1. The van der Waals surface area contributed by atoms with E-state index >= 15 is 0 Å². The zero-order valence-corrected chi connectivity index (χ0v) is 37.7. The number of nitriles is 1. The molecule has 1 fully saturated rings. The standard InChI is InChI=1S/C45H56N7O10P/c1-28(2)41(54)49-44-48-40-37(42(55)50-44)47-26-51(40)43-39(58-27-53)38(62-63(60-24-12-23-46)52(29(3)4)30(5)6)36(61-43)25-59-45(31-13-10-9-11-14-31,32-15-19-34(56-7)20-16-32)33-17-21-35(57-8)22-18-33/h9-11,13-22,26,28-30,36,38-39,43,53H,12,24-25,27H2,1-8H3,(H2,48,49,50,54,55)/t36-,38-,39-,43-,63?/m1/s1. The Morgan fingerprint density at radius 3 is 2.10 bits per heavy atom. The molecule has 63 heavy (non-hydrogen) atoms. The number of rotatable bonds is 21. The lowest BCUT2D eigenvalue weighted by molar-refractivity contribution is -0.119. The van der Waals surface area contributed by atoms with Crippen LogP contribution in [0.15, 0.2) is 90.0 Å². The maximum atomic E-state index is 13.3. The van der Waals surface area contributed by atoms with E-state index in [2.05, 4.69) is 31.0 Å². The van der Waals surface area contributed by atoms with Crippen LogP contribution >= 0.6 is 8.53 Å². The Balaban J connectivity index is 1.51. The average Bonchev–Trinajstić information content (AvgIpc) is 3.85. The van der Waals surface area contributed by atoms with Gasteiger partial charge >= 0.3 is 0 Å². The summed E-state index contributed by atoms with van der Waals surface area (Å²) < 4.78 is 48.5. The number of anilines is 1. The number of ether oxygens (including phenoxy) is 5. The van der Waals surface area contributed by atoms with Gasteiger partial charge in [-0.1, -0.05) is 68.4 Å². The van der Waals surface area contributed by atoms with Crippen LogP contribution in [-0.4, -0.2) is 99.8 Å². The van der Waals surface area contributed by atoms with E-state index in [0.717, 1.165) is 16.7 Å². The number of imidazole rings is 1. The Hall–Kier alpha value is -5.28. The Morgan fingerprint density at radius 1 is 0.952 bits per heavy atom. The molecule has 6 rings (SSSR count). The predicted octanol–water partition coefficient (Wildman–Crippen LogP) is 6.63. The summed E-state index contributed by atoms with van der Waals surface area (Å²) in [5.41, 5.74) is 0.594. The second-order valence-electron chi connectivity index (χ2n) is 15.6. The minimum absolute atomic E-state index is 0.0175. The van der Waals surface area contributed by atoms with Crippen molar-refractivity contribution in [1.82, 2.24) is 24.2 Å². The fourth-order valence-electron chi connectivity index (χ4n) is 7.57. The largest absolute Gasteiger partial charge is 0.497 e. The molecular weight excluding hydrogens is 830 g/mol. The third-order valence-electron chi connectivity index (χ3n) is 10.5. The van der Waals surface area contributed by atoms with E-state index in [1.807, 2.05) is 107 Å². The topological polar surface area (TPSA) is 205 Å². The summed E-state index contributed by atoms with van der Waals surface area (Å²) in [7, 11) is 1.32. The molecule has 1 amide bonds. The number of benzene rings is 3. The van der Waals surface area contributed by atoms with Gasteiger partial charge in [0.25, 0.3) is 14.1 Å². The normalized spacial score (nSPS) is 18.3. The number of aromatic amines is 1. The summed E-state index contributed by atoms with van der Waals surface area (Å²) in [6, 6.07) is 27.1. The maximum absolute atomic E-state index is 13.3. The van der Waals surface area contributed by atoms with E-state index in [4.69, 9.17) is 32.7 Å². The van der Waals surface area contributed by atoms with Gasteiger partial charge in [0, 0.05) is 18.0 Å². The molecule has 1 aliphatic rings. The number of aliphatic hydroxyl groups excluding tert-OH is 1. The van der Waals surface area contributed by atoms with E-state index in [1.54, 1.807) is 28.1 Å². The number of nitrogens with zero attached hydrogens (tertiary/aromatic N) is 5. The van der Waals surface area contributed by atoms with Crippen molar-refractivity contribution in [2.45, 2.75) is 90.2 Å². The number of carbonyl (C=O) groups is 1. The molecule has 0 aliphatic carbocycles. The zero-order chi connectivity index (χ0) is 45.3. The lowest BCUT2D eigenvalue weighted by atomic mass is 9.80. The van der Waals surface area contributed by atoms with Crippen molar-refractivity contribution in [3.63, 3.8) is 0 Å². The monoisotopic (exact) mass is 885 g/mol. The van der Waals surface area contributed by atoms with Crippen molar-refractivity contribution in [1.29, 1.82) is 5.26 Å². The van der Waals surface area contributed by atoms with Crippen LogP contribution in [-0.2, 0) is 33.7 Å². The molecule has 0 bridgehead atoms. The summed E-state index contributed by atoms with van der Waals surface area (Å²) in [5.74, 6) is 0.491. The average molecular weight is 886 g/mol. The Morgan fingerprint density at radius 2 is 1.56 bits per heavy atom. The number of amides is 1. The molecule has 336 valence electrons. The molecule has 0 saturated carbocycles. The first-order valence-electron chi connectivity index (χ1n) is 20.8. The van der Waals surface area contributed by atoms with E-state index < -0.39 is 56.9 Å². The number of hydrogen-bond acceptors (Lipinski definition) is 14. The van der Waals surface area contributed by atoms with Gasteiger partial charge in [0.05, 0.1) is 46.3 Å². The van der Waals surface area contributed by atoms with Crippen LogP contribution in [0, 0.1) is 17.2 Å². The first kappa shape index (κ1) is 47.2. The number of aliphatic hydroxyl groups is 1. The Kier molecular flexibility index (Phi) is 16.0. The molecule has 0 radical (unpaired) electrons. The number of nitrogens with one attached hydrogen (secondary N) is 2. The van der Waals surface area contributed by atoms with Crippen molar-refractivity contribution in [2.24, 2.45) is 5.92 Å². The molecule has 17 nitrogen and oxygen atoms in total. The van der Waals surface area contributed by atoms with E-state index in [0.29, 0.717) is 11.5 Å². The molecule has 5 atom stereocenters. The highest BCUT2D eigenvalue weighted by Gasteiger charge is 2.52. The number of hydrogen-bond donors (Lipinski definition) is 3. The highest BCUT2D eigenvalue weighted by Crippen LogP contribution is 2.51. The highest BCUT2D eigenvalue weighted by molar-refractivity contribution is 7.44. The van der Waals surface area contributed by atoms with Gasteiger partial charge in [-0.25, -0.2) is 9.65 Å². The van der Waals surface area contributed by atoms with Gasteiger partial charge < -0.3 is 37.8 Å². The first-order chi connectivity index (χ1) is 30.4. The molecule has 1 unspecified atom stereocenters. The van der Waals surface area contributed by atoms with Gasteiger partial charge in [-0.15, -0.1) is 0 Å². The van der Waals surface area contributed by atoms with Crippen LogP contribution in [0.25, 0.3) is 11.2 Å². The molecule has 5 aromatic rings. The van der Waals surface area contributed by atoms with Gasteiger partial charge in [-0.3, -0.25) is 24.5 Å². The minimum Gasteiger partial charge on any atom is -0.497 e. The molecule has 3 aromatic carbocycles. The van der Waals surface area contributed by atoms with Crippen molar-refractivity contribution in [3.8, 4) is 17.6 Å². The first-order valence-corrected chi connectivity index (χ1v) is 21.9. The summed E-state index contributed by atoms with van der Waals surface area (Å²) >= 11 is 0. The Bertz CT molecular complexity index is 2300. The summed E-state index contributed by atoms with van der Waals surface area (Å²) in [6.07, 6.45) is -2.62. The summed E-state index contributed by atoms with van der Waals surface area (Å²) in [5, 5.41) is 22.6. The van der Waals surface area contributed by atoms with Crippen molar-refractivity contribution in [3.05, 3.63) is 112 Å². The second-order valence-corrected chi connectivity index (χ2v) is 17.0. The molecular formula is C45H56N7O10P. The van der Waals surface area contributed by atoms with Gasteiger partial charge in [0.15, 0.2) is 17.4 Å². The number of H-pyrrole nitrogens is 1. The molecule has 1 aliphatic heterocycles. The van der Waals surface area contributed by atoms with Crippen LogP contribution < -0.4 is 20.3 Å². The van der Waals surface area contributed by atoms with Crippen molar-refractivity contribution < 1.29 is 42.6 Å². The smallest absolute Gasteiger partial charge is 0.280 e. The third-order valence-corrected chi connectivity index (χ3v) is 12.7. The van der Waals surface area contributed by atoms with Crippen LogP contribution in [0.3, 0.4) is 0 Å². The van der Waals surface area contributed by atoms with Gasteiger partial charge in [-0.2, -0.15) is 10.2 Å². The van der Waals surface area contributed by atoms with Gasteiger partial charge in [0.1, 0.15) is 42.2 Å². The van der Waals surface area contributed by atoms with Crippen LogP contribution in [0.4, 0.5) is 5.95 Å². The quantitative estimate of drug-likeness (QED) is 0.0306. The Labute approximate surface area is 368 Å². The van der Waals surface area contributed by atoms with E-state index in [-0.39, 0.29) is 54.7 Å². The van der Waals surface area contributed by atoms with Gasteiger partial charge in [0.2, 0.25) is 11.9 Å². The molecule has 3 N–H and O–H groups in total. The highest BCUT2D eigenvalue weighted by atomic mass is 31.2. The SMILES string of the molecule is COc1ccc(C(OC[C@H]2O[C@@H](n3cnc4c(=O)[nH]c(NC(=O)C(C)C)nc43)[C@H](OCO)[C@@H]2OP(OCCC#N)N(C(C)C)C(C)C)(c2ccccc2)c2ccc(OC)cc2)cc1. The lowest BCUT2D eigenvalue weighted by Gasteiger charge is -2.39. The maximum Gasteiger partial charge on any atom is 0.280 e. The lowest BCUT2D eigenvalue weighted by Crippen LogP contribution is -2.43. The van der Waals surface area contributed by atoms with Crippen LogP contribution in [0.1, 0.15) is 70.9 Å². The summed E-state index contributed by atoms with van der Waals surface area (Å²) in [4.78, 5) is 37.6. The molecule has 2 aromatic heterocycles. The van der Waals surface area contributed by atoms with E-state index in [1.165, 1.54) is 10.9 Å². The minimum atomic E-state index is -1.89. The van der Waals surface area contributed by atoms with Crippen molar-refractivity contribution in [2.75, 3.05) is 39.5 Å². The number of aromatic nitrogens is 4. The number of methoxy groups -OCH3 is 2. The fraction of sp³-hybridized carbons (Fsp3) is 0.444. The molecule has 0 spiro atoms. The second kappa shape index (κ2) is 21.4.